The number of benzene rings is 1. The molecule has 0 spiro atoms. The van der Waals surface area contributed by atoms with Gasteiger partial charge in [-0.1, -0.05) is 28.1 Å². The van der Waals surface area contributed by atoms with Crippen LogP contribution in [0.4, 0.5) is 0 Å². The van der Waals surface area contributed by atoms with E-state index in [2.05, 4.69) is 15.9 Å². The van der Waals surface area contributed by atoms with Crippen molar-refractivity contribution in [3.63, 3.8) is 0 Å². The maximum atomic E-state index is 11.8. The van der Waals surface area contributed by atoms with Crippen LogP contribution in [0.2, 0.25) is 0 Å². The van der Waals surface area contributed by atoms with Crippen LogP contribution in [-0.2, 0) is 16.1 Å². The van der Waals surface area contributed by atoms with Gasteiger partial charge in [-0.05, 0) is 37.0 Å². The van der Waals surface area contributed by atoms with E-state index in [0.29, 0.717) is 6.61 Å². The molecule has 2 N–H and O–H groups in total. The Labute approximate surface area is 109 Å². The highest BCUT2D eigenvalue weighted by molar-refractivity contribution is 9.10. The van der Waals surface area contributed by atoms with Crippen LogP contribution >= 0.6 is 15.9 Å². The SMILES string of the molecule is N[C@H]1CC[C@@H](C(=O)OCc2cccc(Br)c2)C1. The van der Waals surface area contributed by atoms with Crippen molar-refractivity contribution in [2.75, 3.05) is 0 Å². The summed E-state index contributed by atoms with van der Waals surface area (Å²) in [7, 11) is 0. The molecular weight excluding hydrogens is 282 g/mol. The van der Waals surface area contributed by atoms with E-state index in [4.69, 9.17) is 10.5 Å². The Kier molecular flexibility index (Phi) is 4.18. The lowest BCUT2D eigenvalue weighted by Gasteiger charge is -2.10. The zero-order valence-corrected chi connectivity index (χ0v) is 11.2. The first-order chi connectivity index (χ1) is 8.15. The normalized spacial score (nSPS) is 23.6. The summed E-state index contributed by atoms with van der Waals surface area (Å²) in [5.74, 6) is -0.116. The fourth-order valence-electron chi connectivity index (χ4n) is 2.13. The summed E-state index contributed by atoms with van der Waals surface area (Å²) < 4.78 is 6.29. The Balaban J connectivity index is 1.84. The van der Waals surface area contributed by atoms with E-state index >= 15 is 0 Å². The van der Waals surface area contributed by atoms with Crippen LogP contribution in [0.25, 0.3) is 0 Å². The van der Waals surface area contributed by atoms with E-state index in [9.17, 15) is 4.79 Å². The van der Waals surface area contributed by atoms with Gasteiger partial charge in [0, 0.05) is 10.5 Å². The summed E-state index contributed by atoms with van der Waals surface area (Å²) >= 11 is 3.39. The molecule has 1 fully saturated rings. The number of halogens is 1. The molecule has 2 rings (SSSR count). The topological polar surface area (TPSA) is 52.3 Å². The quantitative estimate of drug-likeness (QED) is 0.873. The van der Waals surface area contributed by atoms with E-state index in [0.717, 1.165) is 29.3 Å². The minimum absolute atomic E-state index is 0.00264. The van der Waals surface area contributed by atoms with E-state index in [1.807, 2.05) is 24.3 Å². The van der Waals surface area contributed by atoms with Gasteiger partial charge < -0.3 is 10.5 Å². The van der Waals surface area contributed by atoms with Crippen molar-refractivity contribution in [3.05, 3.63) is 34.3 Å². The van der Waals surface area contributed by atoms with Crippen molar-refractivity contribution in [2.45, 2.75) is 31.9 Å². The van der Waals surface area contributed by atoms with Crippen molar-refractivity contribution in [1.29, 1.82) is 0 Å². The lowest BCUT2D eigenvalue weighted by Crippen LogP contribution is -2.19. The van der Waals surface area contributed by atoms with Crippen LogP contribution in [-0.4, -0.2) is 12.0 Å². The van der Waals surface area contributed by atoms with E-state index < -0.39 is 0 Å². The summed E-state index contributed by atoms with van der Waals surface area (Å²) in [6, 6.07) is 7.94. The van der Waals surface area contributed by atoms with Gasteiger partial charge >= 0.3 is 5.97 Å². The van der Waals surface area contributed by atoms with Crippen molar-refractivity contribution in [1.82, 2.24) is 0 Å². The van der Waals surface area contributed by atoms with Crippen LogP contribution in [0, 0.1) is 5.92 Å². The van der Waals surface area contributed by atoms with Crippen LogP contribution in [0.1, 0.15) is 24.8 Å². The molecule has 1 aromatic rings. The molecule has 2 atom stereocenters. The van der Waals surface area contributed by atoms with Crippen molar-refractivity contribution in [3.8, 4) is 0 Å². The van der Waals surface area contributed by atoms with Gasteiger partial charge in [0.1, 0.15) is 6.61 Å². The Morgan fingerprint density at radius 2 is 2.29 bits per heavy atom. The Bertz CT molecular complexity index is 408. The summed E-state index contributed by atoms with van der Waals surface area (Å²) in [5.41, 5.74) is 6.77. The Hall–Kier alpha value is -0.870. The molecule has 1 aliphatic rings. The van der Waals surface area contributed by atoms with E-state index in [1.165, 1.54) is 0 Å². The zero-order chi connectivity index (χ0) is 12.3. The standard InChI is InChI=1S/C13H16BrNO2/c14-11-3-1-2-9(6-11)8-17-13(16)10-4-5-12(15)7-10/h1-3,6,10,12H,4-5,7-8,15H2/t10-,12+/m1/s1. The lowest BCUT2D eigenvalue weighted by atomic mass is 10.1. The second-order valence-corrected chi connectivity index (χ2v) is 5.42. The molecule has 1 aromatic carbocycles. The minimum Gasteiger partial charge on any atom is -0.461 e. The molecule has 92 valence electrons. The van der Waals surface area contributed by atoms with Gasteiger partial charge in [-0.2, -0.15) is 0 Å². The summed E-state index contributed by atoms with van der Waals surface area (Å²) in [6.45, 7) is 0.337. The van der Waals surface area contributed by atoms with Gasteiger partial charge in [0.15, 0.2) is 0 Å². The second kappa shape index (κ2) is 5.65. The first kappa shape index (κ1) is 12.6. The Morgan fingerprint density at radius 1 is 1.47 bits per heavy atom. The number of rotatable bonds is 3. The highest BCUT2D eigenvalue weighted by Crippen LogP contribution is 2.25. The highest BCUT2D eigenvalue weighted by atomic mass is 79.9. The Morgan fingerprint density at radius 3 is 2.94 bits per heavy atom. The molecule has 3 nitrogen and oxygen atoms in total. The number of ether oxygens (including phenoxy) is 1. The van der Waals surface area contributed by atoms with Crippen LogP contribution in [0.3, 0.4) is 0 Å². The molecular formula is C13H16BrNO2. The third kappa shape index (κ3) is 3.54. The van der Waals surface area contributed by atoms with Gasteiger partial charge in [0.2, 0.25) is 0 Å². The molecule has 0 amide bonds. The van der Waals surface area contributed by atoms with Crippen LogP contribution < -0.4 is 5.73 Å². The number of hydrogen-bond acceptors (Lipinski definition) is 3. The highest BCUT2D eigenvalue weighted by Gasteiger charge is 2.28. The summed E-state index contributed by atoms with van der Waals surface area (Å²) in [4.78, 5) is 11.8. The first-order valence-electron chi connectivity index (χ1n) is 5.82. The number of hydrogen-bond donors (Lipinski definition) is 1. The monoisotopic (exact) mass is 297 g/mol. The molecule has 17 heavy (non-hydrogen) atoms. The summed E-state index contributed by atoms with van der Waals surface area (Å²) in [6.07, 6.45) is 2.55. The van der Waals surface area contributed by atoms with Gasteiger partial charge in [-0.15, -0.1) is 0 Å². The van der Waals surface area contributed by atoms with Crippen molar-refractivity contribution in [2.24, 2.45) is 11.7 Å². The number of carbonyl (C=O) groups is 1. The second-order valence-electron chi connectivity index (χ2n) is 4.51. The third-order valence-corrected chi connectivity index (χ3v) is 3.57. The van der Waals surface area contributed by atoms with Gasteiger partial charge in [0.05, 0.1) is 5.92 Å². The molecule has 0 unspecified atom stereocenters. The fourth-order valence-corrected chi connectivity index (χ4v) is 2.58. The molecule has 0 radical (unpaired) electrons. The number of nitrogens with two attached hydrogens (primary N) is 1. The number of carbonyl (C=O) groups excluding carboxylic acids is 1. The van der Waals surface area contributed by atoms with Gasteiger partial charge in [-0.3, -0.25) is 4.79 Å². The molecule has 1 aliphatic carbocycles. The molecule has 0 aliphatic heterocycles. The molecule has 1 saturated carbocycles. The minimum atomic E-state index is -0.113. The van der Waals surface area contributed by atoms with Crippen LogP contribution in [0.5, 0.6) is 0 Å². The van der Waals surface area contributed by atoms with Crippen molar-refractivity contribution >= 4 is 21.9 Å². The maximum Gasteiger partial charge on any atom is 0.309 e. The average Bonchev–Trinajstić information content (AvgIpc) is 2.73. The zero-order valence-electron chi connectivity index (χ0n) is 9.56. The first-order valence-corrected chi connectivity index (χ1v) is 6.61. The van der Waals surface area contributed by atoms with Gasteiger partial charge in [-0.25, -0.2) is 0 Å². The molecule has 0 saturated heterocycles. The number of esters is 1. The lowest BCUT2D eigenvalue weighted by molar-refractivity contribution is -0.149. The third-order valence-electron chi connectivity index (χ3n) is 3.08. The molecule has 4 heteroatoms. The van der Waals surface area contributed by atoms with Crippen LogP contribution in [0.15, 0.2) is 28.7 Å². The molecule has 0 bridgehead atoms. The smallest absolute Gasteiger partial charge is 0.309 e. The predicted molar refractivity (Wildman–Crippen MR) is 69.3 cm³/mol. The maximum absolute atomic E-state index is 11.8. The summed E-state index contributed by atoms with van der Waals surface area (Å²) in [5, 5.41) is 0. The predicted octanol–water partition coefficient (Wildman–Crippen LogP) is 2.62. The average molecular weight is 298 g/mol. The largest absolute Gasteiger partial charge is 0.461 e. The molecule has 0 heterocycles. The van der Waals surface area contributed by atoms with Gasteiger partial charge in [0.25, 0.3) is 0 Å². The van der Waals surface area contributed by atoms with Crippen molar-refractivity contribution < 1.29 is 9.53 Å². The van der Waals surface area contributed by atoms with E-state index in [1.54, 1.807) is 0 Å². The molecule has 0 aromatic heterocycles. The van der Waals surface area contributed by atoms with E-state index in [-0.39, 0.29) is 17.9 Å². The fraction of sp³-hybridized carbons (Fsp3) is 0.462.